The molecule has 1 aliphatic rings. The van der Waals surface area contributed by atoms with Crippen molar-refractivity contribution in [1.29, 1.82) is 0 Å². The number of nitrogens with one attached hydrogen (secondary N) is 4. The van der Waals surface area contributed by atoms with Crippen LogP contribution in [0.1, 0.15) is 46.8 Å². The number of ether oxygens (including phenoxy) is 2. The molecule has 18 nitrogen and oxygen atoms in total. The van der Waals surface area contributed by atoms with Gasteiger partial charge in [0.25, 0.3) is 11.8 Å². The van der Waals surface area contributed by atoms with Crippen molar-refractivity contribution >= 4 is 48.3 Å². The summed E-state index contributed by atoms with van der Waals surface area (Å²) < 4.78 is 12.1. The van der Waals surface area contributed by atoms with E-state index >= 15 is 0 Å². The van der Waals surface area contributed by atoms with E-state index in [0.29, 0.717) is 52.6 Å². The van der Waals surface area contributed by atoms with Crippen LogP contribution in [0, 0.1) is 0 Å². The molecule has 4 unspecified atom stereocenters. The number of nitrogens with zero attached hydrogens (tertiary/aromatic N) is 1. The van der Waals surface area contributed by atoms with Crippen LogP contribution in [0.2, 0.25) is 5.02 Å². The monoisotopic (exact) mass is 899 g/mol. The molecule has 0 saturated carbocycles. The van der Waals surface area contributed by atoms with Crippen molar-refractivity contribution < 1.29 is 43.5 Å². The Morgan fingerprint density at radius 2 is 1.44 bits per heavy atom. The Labute approximate surface area is 376 Å². The molecule has 4 aromatic rings. The Morgan fingerprint density at radius 1 is 0.828 bits per heavy atom. The van der Waals surface area contributed by atoms with Crippen LogP contribution >= 0.6 is 11.6 Å². The van der Waals surface area contributed by atoms with Gasteiger partial charge in [-0.05, 0) is 96.6 Å². The average molecular weight is 900 g/mol. The highest BCUT2D eigenvalue weighted by Crippen LogP contribution is 2.40. The van der Waals surface area contributed by atoms with Crippen LogP contribution in [0.25, 0.3) is 22.3 Å². The first-order chi connectivity index (χ1) is 30.7. The second kappa shape index (κ2) is 23.6. The van der Waals surface area contributed by atoms with Crippen LogP contribution in [0.3, 0.4) is 0 Å². The van der Waals surface area contributed by atoms with Crippen LogP contribution < -0.4 is 53.7 Å². The number of halogens is 1. The quantitative estimate of drug-likeness (QED) is 0.0477. The second-order valence-corrected chi connectivity index (χ2v) is 15.5. The molecule has 4 aromatic carbocycles. The normalized spacial score (nSPS) is 16.6. The van der Waals surface area contributed by atoms with E-state index in [2.05, 4.69) is 21.3 Å². The van der Waals surface area contributed by atoms with Crippen molar-refractivity contribution in [3.63, 3.8) is 0 Å². The number of fused-ring (bicyclic) bond motifs is 5. The molecule has 64 heavy (non-hydrogen) atoms. The first-order valence-electron chi connectivity index (χ1n) is 20.8. The number of carbonyl (C=O) groups is 5. The average Bonchev–Trinajstić information content (AvgIpc) is 3.28. The van der Waals surface area contributed by atoms with Crippen molar-refractivity contribution in [2.24, 2.45) is 22.9 Å². The number of hydrogen-bond donors (Lipinski definition) is 10. The van der Waals surface area contributed by atoms with Crippen molar-refractivity contribution in [2.75, 3.05) is 46.3 Å². The molecule has 0 radical (unpaired) electrons. The molecule has 5 rings (SSSR count). The topological polar surface area (TPSA) is 300 Å². The zero-order valence-corrected chi connectivity index (χ0v) is 36.2. The van der Waals surface area contributed by atoms with Gasteiger partial charge in [0.1, 0.15) is 42.8 Å². The lowest BCUT2D eigenvalue weighted by atomic mass is 9.91. The fourth-order valence-electron chi connectivity index (χ4n) is 7.12. The highest BCUT2D eigenvalue weighted by molar-refractivity contribution is 6.41. The summed E-state index contributed by atoms with van der Waals surface area (Å²) in [5, 5.41) is 29.7. The number of likely N-dealkylation sites (N-methyl/N-ethyl adjacent to an activating group) is 1. The van der Waals surface area contributed by atoms with Crippen LogP contribution in [-0.4, -0.2) is 116 Å². The third kappa shape index (κ3) is 13.0. The van der Waals surface area contributed by atoms with Gasteiger partial charge in [0, 0.05) is 48.3 Å². The highest BCUT2D eigenvalue weighted by atomic mass is 35.5. The molecule has 340 valence electrons. The van der Waals surface area contributed by atoms with Gasteiger partial charge in [0.2, 0.25) is 17.7 Å². The summed E-state index contributed by atoms with van der Waals surface area (Å²) in [7, 11) is -0.475. The van der Waals surface area contributed by atoms with E-state index in [1.807, 2.05) is 12.1 Å². The highest BCUT2D eigenvalue weighted by Gasteiger charge is 2.36. The summed E-state index contributed by atoms with van der Waals surface area (Å²) in [5.41, 5.74) is 27.4. The van der Waals surface area contributed by atoms with E-state index < -0.39 is 67.4 Å². The van der Waals surface area contributed by atoms with Gasteiger partial charge in [-0.3, -0.25) is 24.0 Å². The van der Waals surface area contributed by atoms with Crippen molar-refractivity contribution in [3.8, 4) is 33.8 Å². The van der Waals surface area contributed by atoms with Crippen molar-refractivity contribution in [3.05, 3.63) is 107 Å². The largest absolute Gasteiger partial charge is 0.492 e. The predicted octanol–water partition coefficient (Wildman–Crippen LogP) is 0.346. The summed E-state index contributed by atoms with van der Waals surface area (Å²) in [6.45, 7) is 0.921. The van der Waals surface area contributed by atoms with E-state index in [4.69, 9.17) is 44.0 Å². The smallest absolute Gasteiger partial charge is 0.472 e. The van der Waals surface area contributed by atoms with Gasteiger partial charge in [0.05, 0.1) is 6.44 Å². The maximum atomic E-state index is 14.7. The van der Waals surface area contributed by atoms with E-state index in [1.54, 1.807) is 72.8 Å². The Balaban J connectivity index is 1.58. The molecule has 4 bridgehead atoms. The molecule has 14 N–H and O–H groups in total. The lowest BCUT2D eigenvalue weighted by molar-refractivity contribution is -0.141. The zero-order chi connectivity index (χ0) is 46.3. The van der Waals surface area contributed by atoms with Crippen molar-refractivity contribution in [1.82, 2.24) is 26.2 Å². The van der Waals surface area contributed by atoms with Gasteiger partial charge in [0.15, 0.2) is 6.17 Å². The first kappa shape index (κ1) is 49.0. The minimum atomic E-state index is -1.87. The SMILES string of the molecule is CN(C(=O)C(CCCCN)NC(=O)c1ccc(-c2ccc(Cl)cc2)cc1)C1C(=O)NC(N)C(=O)NC(C(=O)NCB(O)O)Cc2ccc(OCCN)c(c2)-c2cc1ccc2OCCN. The molecule has 0 saturated heterocycles. The van der Waals surface area contributed by atoms with Gasteiger partial charge >= 0.3 is 7.12 Å². The summed E-state index contributed by atoms with van der Waals surface area (Å²) >= 11 is 6.06. The predicted molar refractivity (Wildman–Crippen MR) is 242 cm³/mol. The minimum Gasteiger partial charge on any atom is -0.492 e. The lowest BCUT2D eigenvalue weighted by Crippen LogP contribution is -2.59. The molecule has 0 fully saturated rings. The summed E-state index contributed by atoms with van der Waals surface area (Å²) in [6.07, 6.45) is -1.19. The lowest BCUT2D eigenvalue weighted by Gasteiger charge is -2.32. The van der Waals surface area contributed by atoms with E-state index in [9.17, 15) is 34.0 Å². The number of nitrogens with two attached hydrogens (primary N) is 4. The summed E-state index contributed by atoms with van der Waals surface area (Å²) in [6, 6.07) is 20.1. The molecular formula is C44H55BClN9O9. The molecule has 4 atom stereocenters. The van der Waals surface area contributed by atoms with Gasteiger partial charge in [-0.15, -0.1) is 0 Å². The zero-order valence-electron chi connectivity index (χ0n) is 35.4. The molecule has 20 heteroatoms. The van der Waals surface area contributed by atoms with Crippen LogP contribution in [0.5, 0.6) is 11.5 Å². The Kier molecular flexibility index (Phi) is 18.0. The number of rotatable bonds is 18. The van der Waals surface area contributed by atoms with Crippen LogP contribution in [-0.2, 0) is 25.6 Å². The van der Waals surface area contributed by atoms with Crippen molar-refractivity contribution in [2.45, 2.75) is 50.0 Å². The van der Waals surface area contributed by atoms with Gasteiger partial charge < -0.3 is 68.6 Å². The van der Waals surface area contributed by atoms with Gasteiger partial charge in [-0.25, -0.2) is 0 Å². The third-order valence-corrected chi connectivity index (χ3v) is 10.6. The summed E-state index contributed by atoms with van der Waals surface area (Å²) in [4.78, 5) is 71.2. The minimum absolute atomic E-state index is 0.105. The van der Waals surface area contributed by atoms with Crippen LogP contribution in [0.15, 0.2) is 84.9 Å². The molecule has 1 heterocycles. The maximum absolute atomic E-state index is 14.7. The van der Waals surface area contributed by atoms with E-state index in [1.165, 1.54) is 11.9 Å². The fourth-order valence-corrected chi connectivity index (χ4v) is 7.25. The number of hydrogen-bond acceptors (Lipinski definition) is 13. The molecule has 0 spiro atoms. The number of amides is 5. The van der Waals surface area contributed by atoms with E-state index in [0.717, 1.165) is 11.1 Å². The van der Waals surface area contributed by atoms with E-state index in [-0.39, 0.29) is 50.3 Å². The number of benzene rings is 4. The summed E-state index contributed by atoms with van der Waals surface area (Å²) in [5.74, 6) is -3.06. The Hall–Kier alpha value is -6.06. The first-order valence-corrected chi connectivity index (χ1v) is 21.2. The number of carbonyl (C=O) groups excluding carboxylic acids is 5. The molecule has 0 aliphatic carbocycles. The maximum Gasteiger partial charge on any atom is 0.472 e. The van der Waals surface area contributed by atoms with Crippen LogP contribution in [0.4, 0.5) is 0 Å². The molecule has 1 aliphatic heterocycles. The Bertz CT molecular complexity index is 2250. The molecule has 0 aromatic heterocycles. The molecular weight excluding hydrogens is 845 g/mol. The fraction of sp³-hybridized carbons (Fsp3) is 0.341. The Morgan fingerprint density at radius 3 is 2.05 bits per heavy atom. The van der Waals surface area contributed by atoms with Gasteiger partial charge in [-0.2, -0.15) is 0 Å². The third-order valence-electron chi connectivity index (χ3n) is 10.4. The second-order valence-electron chi connectivity index (χ2n) is 15.1. The number of unbranched alkanes of at least 4 members (excludes halogenated alkanes) is 1. The van der Waals surface area contributed by atoms with Gasteiger partial charge in [-0.1, -0.05) is 48.0 Å². The standard InChI is InChI=1S/C44H55BClN9O9/c1-55(44(60)34(4-2-3-17-47)52-40(56)29-8-6-27(7-9-29)28-10-13-31(46)14-11-28)38-30-12-16-37(64-21-19-49)33(24-30)32-22-26(5-15-36(32)63-20-18-48)23-35(41(57)51-25-45(61)62)53-43(59)39(50)54-42(38)58/h5-16,22,24,34-35,38-39,61-62H,2-4,17-21,23,25,47-50H2,1H3,(H,51,57)(H,52,56)(H,53,59)(H,54,58). The molecule has 5 amide bonds.